The number of rotatable bonds is 3. The van der Waals surface area contributed by atoms with Crippen molar-refractivity contribution in [3.63, 3.8) is 0 Å². The van der Waals surface area contributed by atoms with Gasteiger partial charge in [0.15, 0.2) is 0 Å². The second-order valence-corrected chi connectivity index (χ2v) is 8.58. The Bertz CT molecular complexity index is 991. The molecule has 1 unspecified atom stereocenters. The van der Waals surface area contributed by atoms with Crippen LogP contribution in [0.4, 0.5) is 8.78 Å². The highest BCUT2D eigenvalue weighted by molar-refractivity contribution is 5.84. The van der Waals surface area contributed by atoms with Crippen molar-refractivity contribution in [2.75, 3.05) is 6.54 Å². The maximum absolute atomic E-state index is 13.4. The van der Waals surface area contributed by atoms with Crippen LogP contribution in [0, 0.1) is 23.2 Å². The largest absolute Gasteiger partial charge is 0.334 e. The molecule has 1 amide bonds. The summed E-state index contributed by atoms with van der Waals surface area (Å²) in [6.45, 7) is 5.20. The molecule has 2 heterocycles. The Labute approximate surface area is 170 Å². The number of pyridine rings is 1. The van der Waals surface area contributed by atoms with Crippen molar-refractivity contribution in [2.45, 2.75) is 45.6 Å². The van der Waals surface area contributed by atoms with Gasteiger partial charge in [0.25, 0.3) is 6.43 Å². The van der Waals surface area contributed by atoms with E-state index in [2.05, 4.69) is 23.7 Å². The lowest BCUT2D eigenvalue weighted by atomic mass is 9.68. The fourth-order valence-corrected chi connectivity index (χ4v) is 4.45. The highest BCUT2D eigenvalue weighted by Gasteiger charge is 2.55. The number of halogens is 2. The molecule has 0 spiro atoms. The molecule has 2 aliphatic rings. The SMILES string of the molecule is C[C@H]1CN(C(=O)C(C)(C)C(F)F)[C@@H]2c3cncc(C#CCc4ccccc4)c3C21. The smallest absolute Gasteiger partial charge is 0.252 e. The van der Waals surface area contributed by atoms with Crippen LogP contribution in [0.5, 0.6) is 0 Å². The van der Waals surface area contributed by atoms with Crippen LogP contribution in [-0.2, 0) is 11.2 Å². The van der Waals surface area contributed by atoms with E-state index in [1.54, 1.807) is 17.3 Å². The van der Waals surface area contributed by atoms with E-state index in [9.17, 15) is 13.6 Å². The Balaban J connectivity index is 1.61. The van der Waals surface area contributed by atoms with Crippen molar-refractivity contribution in [1.29, 1.82) is 0 Å². The normalized spacial score (nSPS) is 22.4. The number of amides is 1. The summed E-state index contributed by atoms with van der Waals surface area (Å²) < 4.78 is 26.8. The van der Waals surface area contributed by atoms with Gasteiger partial charge in [0.1, 0.15) is 5.41 Å². The molecule has 1 fully saturated rings. The van der Waals surface area contributed by atoms with E-state index < -0.39 is 17.7 Å². The van der Waals surface area contributed by atoms with Gasteiger partial charge in [-0.3, -0.25) is 9.78 Å². The lowest BCUT2D eigenvalue weighted by molar-refractivity contribution is -0.150. The van der Waals surface area contributed by atoms with E-state index in [1.165, 1.54) is 13.8 Å². The predicted molar refractivity (Wildman–Crippen MR) is 107 cm³/mol. The first-order chi connectivity index (χ1) is 13.8. The molecule has 0 saturated carbocycles. The number of carbonyl (C=O) groups is 1. The average Bonchev–Trinajstić information content (AvgIpc) is 2.97. The molecular weight excluding hydrogens is 370 g/mol. The van der Waals surface area contributed by atoms with Gasteiger partial charge in [-0.05, 0) is 36.5 Å². The molecule has 4 rings (SSSR count). The third-order valence-electron chi connectivity index (χ3n) is 6.16. The lowest BCUT2D eigenvalue weighted by Crippen LogP contribution is -2.46. The molecule has 2 aromatic rings. The summed E-state index contributed by atoms with van der Waals surface area (Å²) >= 11 is 0. The van der Waals surface area contributed by atoms with Crippen molar-refractivity contribution in [1.82, 2.24) is 9.88 Å². The predicted octanol–water partition coefficient (Wildman–Crippen LogP) is 4.58. The number of fused-ring (bicyclic) bond motifs is 4. The van der Waals surface area contributed by atoms with Crippen LogP contribution in [0.3, 0.4) is 0 Å². The molecule has 1 aromatic carbocycles. The summed E-state index contributed by atoms with van der Waals surface area (Å²) in [6.07, 6.45) is 1.48. The molecule has 0 bridgehead atoms. The highest BCUT2D eigenvalue weighted by Crippen LogP contribution is 2.58. The van der Waals surface area contributed by atoms with Crippen LogP contribution in [0.25, 0.3) is 0 Å². The van der Waals surface area contributed by atoms with Crippen molar-refractivity contribution in [3.8, 4) is 11.8 Å². The summed E-state index contributed by atoms with van der Waals surface area (Å²) in [4.78, 5) is 18.8. The first-order valence-electron chi connectivity index (χ1n) is 9.92. The first-order valence-corrected chi connectivity index (χ1v) is 9.92. The lowest BCUT2D eigenvalue weighted by Gasteiger charge is -2.42. The molecule has 0 radical (unpaired) electrons. The molecule has 1 aromatic heterocycles. The standard InChI is InChI=1S/C24H24F2N2O/c1-15-14-28(23(29)24(2,3)22(25)26)21-18-13-27-12-17(20(18)19(15)21)11-7-10-16-8-5-4-6-9-16/h4-6,8-9,12-13,15,19,21-22H,10,14H2,1-3H3/t15-,19?,21+/m0/s1. The van der Waals surface area contributed by atoms with Crippen molar-refractivity contribution in [2.24, 2.45) is 11.3 Å². The van der Waals surface area contributed by atoms with Gasteiger partial charge >= 0.3 is 0 Å². The monoisotopic (exact) mass is 394 g/mol. The Morgan fingerprint density at radius 2 is 2.00 bits per heavy atom. The van der Waals surface area contributed by atoms with Gasteiger partial charge in [-0.1, -0.05) is 49.1 Å². The first kappa shape index (κ1) is 19.6. The van der Waals surface area contributed by atoms with Crippen LogP contribution in [0.1, 0.15) is 55.0 Å². The maximum Gasteiger partial charge on any atom is 0.252 e. The molecule has 0 N–H and O–H groups in total. The summed E-state index contributed by atoms with van der Waals surface area (Å²) in [7, 11) is 0. The Kier molecular flexibility index (Phi) is 4.90. The Morgan fingerprint density at radius 1 is 1.28 bits per heavy atom. The number of hydrogen-bond acceptors (Lipinski definition) is 2. The molecule has 1 saturated heterocycles. The Hall–Kier alpha value is -2.74. The van der Waals surface area contributed by atoms with E-state index in [1.807, 2.05) is 30.3 Å². The quantitative estimate of drug-likeness (QED) is 0.714. The molecule has 150 valence electrons. The summed E-state index contributed by atoms with van der Waals surface area (Å²) in [5.74, 6) is 6.30. The van der Waals surface area contributed by atoms with Crippen molar-refractivity contribution < 1.29 is 13.6 Å². The van der Waals surface area contributed by atoms with Crippen LogP contribution in [0.2, 0.25) is 0 Å². The second kappa shape index (κ2) is 7.26. The van der Waals surface area contributed by atoms with Gasteiger partial charge in [-0.2, -0.15) is 0 Å². The molecule has 3 atom stereocenters. The number of likely N-dealkylation sites (tertiary alicyclic amines) is 1. The molecular formula is C24H24F2N2O. The number of aromatic nitrogens is 1. The molecule has 1 aliphatic heterocycles. The van der Waals surface area contributed by atoms with Gasteiger partial charge in [0.2, 0.25) is 5.91 Å². The van der Waals surface area contributed by atoms with Gasteiger partial charge in [-0.25, -0.2) is 8.78 Å². The molecule has 1 aliphatic carbocycles. The fourth-order valence-electron chi connectivity index (χ4n) is 4.45. The number of benzene rings is 1. The van der Waals surface area contributed by atoms with E-state index in [0.717, 1.165) is 22.3 Å². The second-order valence-electron chi connectivity index (χ2n) is 8.58. The number of hydrogen-bond donors (Lipinski definition) is 0. The minimum atomic E-state index is -2.70. The fraction of sp³-hybridized carbons (Fsp3) is 0.417. The van der Waals surface area contributed by atoms with E-state index in [0.29, 0.717) is 13.0 Å². The van der Waals surface area contributed by atoms with E-state index >= 15 is 0 Å². The van der Waals surface area contributed by atoms with Crippen LogP contribution < -0.4 is 0 Å². The van der Waals surface area contributed by atoms with Gasteiger partial charge in [0, 0.05) is 36.8 Å². The Morgan fingerprint density at radius 3 is 2.69 bits per heavy atom. The van der Waals surface area contributed by atoms with Gasteiger partial charge in [0.05, 0.1) is 6.04 Å². The highest BCUT2D eigenvalue weighted by atomic mass is 19.3. The molecule has 29 heavy (non-hydrogen) atoms. The van der Waals surface area contributed by atoms with Crippen molar-refractivity contribution in [3.05, 3.63) is 65.0 Å². The van der Waals surface area contributed by atoms with Gasteiger partial charge < -0.3 is 4.90 Å². The third kappa shape index (κ3) is 3.21. The maximum atomic E-state index is 13.4. The third-order valence-corrected chi connectivity index (χ3v) is 6.16. The summed E-state index contributed by atoms with van der Waals surface area (Å²) in [6, 6.07) is 9.87. The zero-order valence-corrected chi connectivity index (χ0v) is 16.8. The van der Waals surface area contributed by atoms with E-state index in [-0.39, 0.29) is 17.9 Å². The average molecular weight is 394 g/mol. The number of nitrogens with zero attached hydrogens (tertiary/aromatic N) is 2. The van der Waals surface area contributed by atoms with Gasteiger partial charge in [-0.15, -0.1) is 0 Å². The minimum absolute atomic E-state index is 0.131. The summed E-state index contributed by atoms with van der Waals surface area (Å²) in [5, 5.41) is 0. The summed E-state index contributed by atoms with van der Waals surface area (Å²) in [5.41, 5.74) is 2.42. The zero-order chi connectivity index (χ0) is 20.8. The van der Waals surface area contributed by atoms with E-state index in [4.69, 9.17) is 0 Å². The van der Waals surface area contributed by atoms with Crippen LogP contribution >= 0.6 is 0 Å². The number of alkyl halides is 2. The number of carbonyl (C=O) groups excluding carboxylic acids is 1. The minimum Gasteiger partial charge on any atom is -0.334 e. The van der Waals surface area contributed by atoms with Crippen molar-refractivity contribution >= 4 is 5.91 Å². The van der Waals surface area contributed by atoms with Crippen LogP contribution in [0.15, 0.2) is 42.7 Å². The van der Waals surface area contributed by atoms with Crippen LogP contribution in [-0.4, -0.2) is 28.8 Å². The topological polar surface area (TPSA) is 33.2 Å². The zero-order valence-electron chi connectivity index (χ0n) is 16.8. The molecule has 3 nitrogen and oxygen atoms in total. The molecule has 5 heteroatoms.